The number of amides is 1. The van der Waals surface area contributed by atoms with Gasteiger partial charge in [0, 0.05) is 46.0 Å². The lowest BCUT2D eigenvalue weighted by Crippen LogP contribution is -2.46. The summed E-state index contributed by atoms with van der Waals surface area (Å²) in [7, 11) is -0.798. The van der Waals surface area contributed by atoms with Crippen LogP contribution in [0, 0.1) is 0 Å². The number of nitrogens with zero attached hydrogens (tertiary/aromatic N) is 2. The van der Waals surface area contributed by atoms with Gasteiger partial charge in [0.05, 0.1) is 11.6 Å². The summed E-state index contributed by atoms with van der Waals surface area (Å²) in [6.45, 7) is 3.63. The van der Waals surface area contributed by atoms with Crippen molar-refractivity contribution in [3.05, 3.63) is 23.2 Å². The lowest BCUT2D eigenvalue weighted by atomic mass is 10.3. The Morgan fingerprint density at radius 1 is 1.35 bits per heavy atom. The van der Waals surface area contributed by atoms with Gasteiger partial charge in [-0.25, -0.2) is 12.7 Å². The predicted molar refractivity (Wildman–Crippen MR) is 90.3 cm³/mol. The summed E-state index contributed by atoms with van der Waals surface area (Å²) >= 11 is 5.98. The van der Waals surface area contributed by atoms with Crippen LogP contribution in [0.3, 0.4) is 0 Å². The fourth-order valence-electron chi connectivity index (χ4n) is 2.25. The van der Waals surface area contributed by atoms with Gasteiger partial charge >= 0.3 is 0 Å². The Hall–Kier alpha value is -1.19. The monoisotopic (exact) mass is 360 g/mol. The van der Waals surface area contributed by atoms with Crippen LogP contribution in [0.1, 0.15) is 0 Å². The fraction of sp³-hybridized carbons (Fsp3) is 0.500. The average molecular weight is 361 g/mol. The Bertz CT molecular complexity index is 673. The van der Waals surface area contributed by atoms with Crippen LogP contribution < -0.4 is 10.6 Å². The summed E-state index contributed by atoms with van der Waals surface area (Å²) in [5.41, 5.74) is 0.412. The van der Waals surface area contributed by atoms with Crippen LogP contribution >= 0.6 is 11.6 Å². The molecule has 0 radical (unpaired) electrons. The number of nitrogens with one attached hydrogen (secondary N) is 2. The van der Waals surface area contributed by atoms with Crippen molar-refractivity contribution < 1.29 is 13.2 Å². The van der Waals surface area contributed by atoms with E-state index in [9.17, 15) is 13.2 Å². The molecule has 7 nitrogen and oxygen atoms in total. The van der Waals surface area contributed by atoms with E-state index in [4.69, 9.17) is 11.6 Å². The SMILES string of the molecule is CN(C)S(=O)(=O)c1cc(NC(=O)CN2CCNCC2)ccc1Cl. The zero-order valence-electron chi connectivity index (χ0n) is 13.2. The highest BCUT2D eigenvalue weighted by Gasteiger charge is 2.22. The molecule has 1 aromatic carbocycles. The Balaban J connectivity index is 2.10. The first-order valence-electron chi connectivity index (χ1n) is 7.25. The minimum atomic E-state index is -3.66. The normalized spacial score (nSPS) is 16.5. The van der Waals surface area contributed by atoms with E-state index in [0.717, 1.165) is 30.5 Å². The van der Waals surface area contributed by atoms with Gasteiger partial charge in [-0.3, -0.25) is 9.69 Å². The van der Waals surface area contributed by atoms with Crippen LogP contribution in [0.25, 0.3) is 0 Å². The van der Waals surface area contributed by atoms with Gasteiger partial charge in [-0.15, -0.1) is 0 Å². The van der Waals surface area contributed by atoms with E-state index in [2.05, 4.69) is 10.6 Å². The highest BCUT2D eigenvalue weighted by molar-refractivity contribution is 7.89. The number of hydrogen-bond donors (Lipinski definition) is 2. The topological polar surface area (TPSA) is 81.8 Å². The van der Waals surface area contributed by atoms with Crippen molar-refractivity contribution in [3.8, 4) is 0 Å². The number of piperazine rings is 1. The molecular formula is C14H21ClN4O3S. The Morgan fingerprint density at radius 2 is 2.00 bits per heavy atom. The van der Waals surface area contributed by atoms with Crippen LogP contribution in [0.2, 0.25) is 5.02 Å². The summed E-state index contributed by atoms with van der Waals surface area (Å²) in [5.74, 6) is -0.178. The Morgan fingerprint density at radius 3 is 2.61 bits per heavy atom. The fourth-order valence-corrected chi connectivity index (χ4v) is 3.64. The molecule has 1 aliphatic heterocycles. The van der Waals surface area contributed by atoms with Gasteiger partial charge in [0.15, 0.2) is 0 Å². The van der Waals surface area contributed by atoms with Crippen molar-refractivity contribution in [2.75, 3.05) is 52.1 Å². The van der Waals surface area contributed by atoms with Crippen LogP contribution in [0.4, 0.5) is 5.69 Å². The van der Waals surface area contributed by atoms with E-state index in [-0.39, 0.29) is 22.4 Å². The second-order valence-corrected chi connectivity index (χ2v) is 8.03. The maximum atomic E-state index is 12.2. The maximum absolute atomic E-state index is 12.2. The standard InChI is InChI=1S/C14H21ClN4O3S/c1-18(2)23(21,22)13-9-11(3-4-12(13)15)17-14(20)10-19-7-5-16-6-8-19/h3-4,9,16H,5-8,10H2,1-2H3,(H,17,20). The van der Waals surface area contributed by atoms with Crippen LogP contribution in [-0.4, -0.2) is 70.3 Å². The molecule has 0 aliphatic carbocycles. The molecule has 0 aromatic heterocycles. The van der Waals surface area contributed by atoms with E-state index in [1.807, 2.05) is 4.90 Å². The van der Waals surface area contributed by atoms with Gasteiger partial charge in [-0.05, 0) is 18.2 Å². The Labute approximate surface area is 141 Å². The second kappa shape index (κ2) is 7.59. The smallest absolute Gasteiger partial charge is 0.244 e. The number of hydrogen-bond acceptors (Lipinski definition) is 5. The molecule has 1 saturated heterocycles. The quantitative estimate of drug-likeness (QED) is 0.796. The van der Waals surface area contributed by atoms with E-state index in [1.54, 1.807) is 6.07 Å². The lowest BCUT2D eigenvalue weighted by Gasteiger charge is -2.26. The molecule has 1 aliphatic rings. The first kappa shape index (κ1) is 18.2. The van der Waals surface area contributed by atoms with Gasteiger partial charge < -0.3 is 10.6 Å². The predicted octanol–water partition coefficient (Wildman–Crippen LogP) is 0.434. The minimum Gasteiger partial charge on any atom is -0.325 e. The third kappa shape index (κ3) is 4.65. The second-order valence-electron chi connectivity index (χ2n) is 5.51. The van der Waals surface area contributed by atoms with E-state index < -0.39 is 10.0 Å². The van der Waals surface area contributed by atoms with Crippen molar-refractivity contribution >= 4 is 33.2 Å². The molecule has 2 rings (SSSR count). The number of carbonyl (C=O) groups excluding carboxylic acids is 1. The van der Waals surface area contributed by atoms with E-state index >= 15 is 0 Å². The molecule has 0 saturated carbocycles. The summed E-state index contributed by atoms with van der Waals surface area (Å²) in [4.78, 5) is 14.1. The number of rotatable bonds is 5. The molecule has 128 valence electrons. The zero-order valence-corrected chi connectivity index (χ0v) is 14.7. The summed E-state index contributed by atoms with van der Waals surface area (Å²) in [6, 6.07) is 4.44. The summed E-state index contributed by atoms with van der Waals surface area (Å²) < 4.78 is 25.5. The number of halogens is 1. The van der Waals surface area contributed by atoms with Gasteiger partial charge in [-0.1, -0.05) is 11.6 Å². The van der Waals surface area contributed by atoms with Crippen LogP contribution in [-0.2, 0) is 14.8 Å². The lowest BCUT2D eigenvalue weighted by molar-refractivity contribution is -0.117. The molecule has 0 bridgehead atoms. The van der Waals surface area contributed by atoms with Crippen molar-refractivity contribution in [3.63, 3.8) is 0 Å². The van der Waals surface area contributed by atoms with Crippen LogP contribution in [0.15, 0.2) is 23.1 Å². The highest BCUT2D eigenvalue weighted by Crippen LogP contribution is 2.26. The molecule has 23 heavy (non-hydrogen) atoms. The highest BCUT2D eigenvalue weighted by atomic mass is 35.5. The largest absolute Gasteiger partial charge is 0.325 e. The van der Waals surface area contributed by atoms with E-state index in [1.165, 1.54) is 26.2 Å². The first-order valence-corrected chi connectivity index (χ1v) is 9.07. The van der Waals surface area contributed by atoms with Crippen molar-refractivity contribution in [2.24, 2.45) is 0 Å². The van der Waals surface area contributed by atoms with Crippen molar-refractivity contribution in [2.45, 2.75) is 4.90 Å². The van der Waals surface area contributed by atoms with Gasteiger partial charge in [0.2, 0.25) is 15.9 Å². The maximum Gasteiger partial charge on any atom is 0.244 e. The van der Waals surface area contributed by atoms with Gasteiger partial charge in [0.1, 0.15) is 4.90 Å². The number of anilines is 1. The molecule has 9 heteroatoms. The van der Waals surface area contributed by atoms with Crippen LogP contribution in [0.5, 0.6) is 0 Å². The van der Waals surface area contributed by atoms with E-state index in [0.29, 0.717) is 5.69 Å². The summed E-state index contributed by atoms with van der Waals surface area (Å²) in [5, 5.41) is 6.07. The Kier molecular flexibility index (Phi) is 5.99. The molecule has 0 atom stereocenters. The summed E-state index contributed by atoms with van der Waals surface area (Å²) in [6.07, 6.45) is 0. The average Bonchev–Trinajstić information content (AvgIpc) is 2.49. The molecule has 1 heterocycles. The van der Waals surface area contributed by atoms with Gasteiger partial charge in [-0.2, -0.15) is 0 Å². The molecule has 0 unspecified atom stereocenters. The third-order valence-corrected chi connectivity index (χ3v) is 5.85. The molecular weight excluding hydrogens is 340 g/mol. The van der Waals surface area contributed by atoms with Crippen molar-refractivity contribution in [1.29, 1.82) is 0 Å². The molecule has 1 fully saturated rings. The number of sulfonamides is 1. The van der Waals surface area contributed by atoms with Crippen molar-refractivity contribution in [1.82, 2.24) is 14.5 Å². The minimum absolute atomic E-state index is 0.0239. The molecule has 1 amide bonds. The molecule has 1 aromatic rings. The van der Waals surface area contributed by atoms with Gasteiger partial charge in [0.25, 0.3) is 0 Å². The number of carbonyl (C=O) groups is 1. The number of benzene rings is 1. The molecule has 2 N–H and O–H groups in total. The zero-order chi connectivity index (χ0) is 17.0. The third-order valence-electron chi connectivity index (χ3n) is 3.55. The first-order chi connectivity index (χ1) is 10.8. The molecule has 0 spiro atoms.